The van der Waals surface area contributed by atoms with Gasteiger partial charge in [0, 0.05) is 6.04 Å². The highest BCUT2D eigenvalue weighted by Crippen LogP contribution is 2.33. The molecule has 88 valence electrons. The molecule has 1 fully saturated rings. The van der Waals surface area contributed by atoms with Crippen molar-refractivity contribution < 1.29 is 4.79 Å². The van der Waals surface area contributed by atoms with Gasteiger partial charge in [-0.1, -0.05) is 26.7 Å². The molecular weight excluding hydrogens is 188 g/mol. The number of rotatable bonds is 6. The maximum atomic E-state index is 11.9. The van der Waals surface area contributed by atoms with E-state index in [1.54, 1.807) is 0 Å². The van der Waals surface area contributed by atoms with Gasteiger partial charge in [-0.15, -0.1) is 0 Å². The van der Waals surface area contributed by atoms with Crippen molar-refractivity contribution in [2.75, 3.05) is 0 Å². The van der Waals surface area contributed by atoms with E-state index in [1.165, 1.54) is 12.8 Å². The quantitative estimate of drug-likeness (QED) is 0.705. The summed E-state index contributed by atoms with van der Waals surface area (Å²) in [5.41, 5.74) is 5.35. The molecule has 0 radical (unpaired) electrons. The molecule has 0 aromatic carbocycles. The molecule has 0 bridgehead atoms. The first-order valence-corrected chi connectivity index (χ1v) is 6.11. The topological polar surface area (TPSA) is 55.1 Å². The van der Waals surface area contributed by atoms with E-state index >= 15 is 0 Å². The number of hydrogen-bond donors (Lipinski definition) is 2. The lowest BCUT2D eigenvalue weighted by Gasteiger charge is -2.27. The Balaban J connectivity index is 2.37. The highest BCUT2D eigenvalue weighted by atomic mass is 16.2. The van der Waals surface area contributed by atoms with Crippen LogP contribution in [0.5, 0.6) is 0 Å². The number of carbonyl (C=O) groups is 1. The molecule has 1 unspecified atom stereocenters. The van der Waals surface area contributed by atoms with Crippen LogP contribution in [0.3, 0.4) is 0 Å². The Morgan fingerprint density at radius 3 is 2.40 bits per heavy atom. The summed E-state index contributed by atoms with van der Waals surface area (Å²) >= 11 is 0. The zero-order valence-corrected chi connectivity index (χ0v) is 10.2. The molecule has 1 aliphatic rings. The maximum absolute atomic E-state index is 11.9. The number of nitrogens with one attached hydrogen (secondary N) is 1. The third-order valence-corrected chi connectivity index (χ3v) is 3.48. The van der Waals surface area contributed by atoms with Crippen LogP contribution in [0.1, 0.15) is 52.9 Å². The Bertz CT molecular complexity index is 220. The predicted octanol–water partition coefficient (Wildman–Crippen LogP) is 1.81. The molecule has 1 aliphatic carbocycles. The maximum Gasteiger partial charge on any atom is 0.240 e. The number of nitrogens with two attached hydrogens (primary N) is 1. The predicted molar refractivity (Wildman–Crippen MR) is 62.4 cm³/mol. The zero-order chi connectivity index (χ0) is 11.5. The van der Waals surface area contributed by atoms with Crippen LogP contribution in [0.25, 0.3) is 0 Å². The van der Waals surface area contributed by atoms with Crippen LogP contribution < -0.4 is 11.1 Å². The Morgan fingerprint density at radius 2 is 2.00 bits per heavy atom. The molecule has 1 rings (SSSR count). The summed E-state index contributed by atoms with van der Waals surface area (Å²) in [4.78, 5) is 11.9. The van der Waals surface area contributed by atoms with Crippen LogP contribution in [-0.2, 0) is 4.79 Å². The molecule has 0 heterocycles. The lowest BCUT2D eigenvalue weighted by atomic mass is 9.92. The number of carbonyl (C=O) groups excluding carboxylic acids is 1. The average molecular weight is 212 g/mol. The van der Waals surface area contributed by atoms with Crippen molar-refractivity contribution in [2.24, 2.45) is 11.7 Å². The minimum Gasteiger partial charge on any atom is -0.352 e. The first-order chi connectivity index (χ1) is 7.01. The largest absolute Gasteiger partial charge is 0.352 e. The molecule has 1 atom stereocenters. The van der Waals surface area contributed by atoms with Crippen molar-refractivity contribution in [1.29, 1.82) is 0 Å². The van der Waals surface area contributed by atoms with E-state index in [9.17, 15) is 4.79 Å². The Morgan fingerprint density at radius 1 is 1.47 bits per heavy atom. The minimum absolute atomic E-state index is 0.0145. The van der Waals surface area contributed by atoms with Gasteiger partial charge in [0.25, 0.3) is 0 Å². The fraction of sp³-hybridized carbons (Fsp3) is 0.917. The van der Waals surface area contributed by atoms with E-state index in [0.29, 0.717) is 12.8 Å². The van der Waals surface area contributed by atoms with E-state index in [2.05, 4.69) is 12.2 Å². The van der Waals surface area contributed by atoms with Crippen LogP contribution in [0.4, 0.5) is 0 Å². The fourth-order valence-electron chi connectivity index (χ4n) is 1.85. The van der Waals surface area contributed by atoms with Crippen molar-refractivity contribution in [1.82, 2.24) is 5.32 Å². The van der Waals surface area contributed by atoms with Crippen molar-refractivity contribution in [3.63, 3.8) is 0 Å². The molecule has 1 amide bonds. The molecule has 3 heteroatoms. The van der Waals surface area contributed by atoms with Gasteiger partial charge in [0.1, 0.15) is 0 Å². The highest BCUT2D eigenvalue weighted by Gasteiger charge is 2.32. The van der Waals surface area contributed by atoms with E-state index in [-0.39, 0.29) is 11.9 Å². The van der Waals surface area contributed by atoms with Gasteiger partial charge in [-0.2, -0.15) is 0 Å². The van der Waals surface area contributed by atoms with Crippen molar-refractivity contribution >= 4 is 5.91 Å². The van der Waals surface area contributed by atoms with E-state index < -0.39 is 5.54 Å². The van der Waals surface area contributed by atoms with Gasteiger partial charge in [-0.25, -0.2) is 0 Å². The first kappa shape index (κ1) is 12.5. The zero-order valence-electron chi connectivity index (χ0n) is 10.2. The summed E-state index contributed by atoms with van der Waals surface area (Å²) in [6, 6.07) is 0.269. The summed E-state index contributed by atoms with van der Waals surface area (Å²) < 4.78 is 0. The fourth-order valence-corrected chi connectivity index (χ4v) is 1.85. The summed E-state index contributed by atoms with van der Waals surface area (Å²) in [5.74, 6) is 0.858. The van der Waals surface area contributed by atoms with Gasteiger partial charge in [0.05, 0.1) is 5.54 Å². The second-order valence-electron chi connectivity index (χ2n) is 4.92. The Hall–Kier alpha value is -0.570. The molecule has 0 aromatic heterocycles. The Kier molecular flexibility index (Phi) is 4.14. The second kappa shape index (κ2) is 4.97. The van der Waals surface area contributed by atoms with Crippen LogP contribution >= 0.6 is 0 Å². The molecule has 15 heavy (non-hydrogen) atoms. The molecular formula is C12H24N2O. The van der Waals surface area contributed by atoms with E-state index in [1.807, 2.05) is 13.8 Å². The number of hydrogen-bond acceptors (Lipinski definition) is 2. The minimum atomic E-state index is -0.669. The molecule has 0 aromatic rings. The smallest absolute Gasteiger partial charge is 0.240 e. The van der Waals surface area contributed by atoms with Gasteiger partial charge in [-0.3, -0.25) is 4.79 Å². The summed E-state index contributed by atoms with van der Waals surface area (Å²) in [6.45, 7) is 6.01. The van der Waals surface area contributed by atoms with Gasteiger partial charge in [0.15, 0.2) is 0 Å². The third-order valence-electron chi connectivity index (χ3n) is 3.48. The summed E-state index contributed by atoms with van der Waals surface area (Å²) in [7, 11) is 0. The molecule has 3 N–H and O–H groups in total. The van der Waals surface area contributed by atoms with Crippen LogP contribution in [0, 0.1) is 5.92 Å². The summed E-state index contributed by atoms with van der Waals surface area (Å²) in [6.07, 6.45) is 5.16. The third kappa shape index (κ3) is 3.49. The van der Waals surface area contributed by atoms with Gasteiger partial charge >= 0.3 is 0 Å². The SMILES string of the molecule is CCC(N)(CC)C(=O)NC(C)CC1CC1. The summed E-state index contributed by atoms with van der Waals surface area (Å²) in [5, 5.41) is 3.03. The van der Waals surface area contributed by atoms with E-state index in [0.717, 1.165) is 12.3 Å². The van der Waals surface area contributed by atoms with Crippen molar-refractivity contribution in [2.45, 2.75) is 64.5 Å². The molecule has 0 saturated heterocycles. The number of amides is 1. The first-order valence-electron chi connectivity index (χ1n) is 6.11. The van der Waals surface area contributed by atoms with Gasteiger partial charge in [-0.05, 0) is 32.1 Å². The lowest BCUT2D eigenvalue weighted by Crippen LogP contribution is -2.55. The standard InChI is InChI=1S/C12H24N2O/c1-4-12(13,5-2)11(15)14-9(3)8-10-6-7-10/h9-10H,4-8,13H2,1-3H3,(H,14,15). The average Bonchev–Trinajstić information content (AvgIpc) is 3.00. The molecule has 3 nitrogen and oxygen atoms in total. The monoisotopic (exact) mass is 212 g/mol. The van der Waals surface area contributed by atoms with Crippen LogP contribution in [0.2, 0.25) is 0 Å². The highest BCUT2D eigenvalue weighted by molar-refractivity contribution is 5.86. The molecule has 0 spiro atoms. The van der Waals surface area contributed by atoms with Crippen molar-refractivity contribution in [3.8, 4) is 0 Å². The van der Waals surface area contributed by atoms with Crippen molar-refractivity contribution in [3.05, 3.63) is 0 Å². The normalized spacial score (nSPS) is 18.7. The van der Waals surface area contributed by atoms with E-state index in [4.69, 9.17) is 5.73 Å². The molecule has 0 aliphatic heterocycles. The second-order valence-corrected chi connectivity index (χ2v) is 4.92. The van der Waals surface area contributed by atoms with Gasteiger partial charge in [0.2, 0.25) is 5.91 Å². The van der Waals surface area contributed by atoms with Gasteiger partial charge < -0.3 is 11.1 Å². The molecule has 1 saturated carbocycles. The van der Waals surface area contributed by atoms with Crippen LogP contribution in [-0.4, -0.2) is 17.5 Å². The lowest BCUT2D eigenvalue weighted by molar-refractivity contribution is -0.127. The Labute approximate surface area is 92.8 Å². The van der Waals surface area contributed by atoms with Crippen LogP contribution in [0.15, 0.2) is 0 Å².